The monoisotopic (exact) mass is 342 g/mol. The van der Waals surface area contributed by atoms with Crippen LogP contribution in [0.1, 0.15) is 32.8 Å². The molecule has 1 fully saturated rings. The largest absolute Gasteiger partial charge is 0.295 e. The van der Waals surface area contributed by atoms with Crippen molar-refractivity contribution in [1.29, 1.82) is 0 Å². The molecule has 6 heteroatoms. The van der Waals surface area contributed by atoms with Gasteiger partial charge in [0, 0.05) is 32.2 Å². The minimum Gasteiger partial charge on any atom is -0.295 e. The fourth-order valence-corrected chi connectivity index (χ4v) is 4.27. The standard InChI is InChI=1S/C17H27FN2O2S/c1-4-23(21,22)20-11-5-10-19(17(13-20)14(2)3)12-15-6-8-16(18)9-7-15/h6-9,14,17H,4-5,10-13H2,1-3H3. The van der Waals surface area contributed by atoms with Gasteiger partial charge in [-0.1, -0.05) is 26.0 Å². The minimum atomic E-state index is -3.16. The molecule has 0 amide bonds. The van der Waals surface area contributed by atoms with Crippen molar-refractivity contribution in [3.05, 3.63) is 35.6 Å². The van der Waals surface area contributed by atoms with Crippen LogP contribution in [-0.2, 0) is 16.6 Å². The van der Waals surface area contributed by atoms with Crippen molar-refractivity contribution in [2.75, 3.05) is 25.4 Å². The molecule has 23 heavy (non-hydrogen) atoms. The van der Waals surface area contributed by atoms with E-state index in [-0.39, 0.29) is 17.6 Å². The number of sulfonamides is 1. The number of hydrogen-bond donors (Lipinski definition) is 0. The molecule has 0 spiro atoms. The molecule has 0 aromatic heterocycles. The quantitative estimate of drug-likeness (QED) is 0.826. The lowest BCUT2D eigenvalue weighted by Crippen LogP contribution is -2.45. The van der Waals surface area contributed by atoms with Crippen molar-refractivity contribution < 1.29 is 12.8 Å². The highest BCUT2D eigenvalue weighted by Gasteiger charge is 2.31. The van der Waals surface area contributed by atoms with E-state index in [1.54, 1.807) is 23.4 Å². The van der Waals surface area contributed by atoms with Crippen LogP contribution in [0.3, 0.4) is 0 Å². The Morgan fingerprint density at radius 2 is 1.87 bits per heavy atom. The van der Waals surface area contributed by atoms with E-state index in [1.807, 2.05) is 0 Å². The van der Waals surface area contributed by atoms with Crippen molar-refractivity contribution in [2.45, 2.75) is 39.8 Å². The average molecular weight is 342 g/mol. The maximum atomic E-state index is 13.1. The van der Waals surface area contributed by atoms with Crippen LogP contribution in [0.4, 0.5) is 4.39 Å². The number of nitrogens with zero attached hydrogens (tertiary/aromatic N) is 2. The molecule has 1 unspecified atom stereocenters. The second-order valence-electron chi connectivity index (χ2n) is 6.52. The summed E-state index contributed by atoms with van der Waals surface area (Å²) in [6.45, 7) is 8.66. The highest BCUT2D eigenvalue weighted by molar-refractivity contribution is 7.89. The third kappa shape index (κ3) is 4.75. The third-order valence-electron chi connectivity index (χ3n) is 4.54. The van der Waals surface area contributed by atoms with Crippen molar-refractivity contribution >= 4 is 10.0 Å². The molecule has 0 N–H and O–H groups in total. The van der Waals surface area contributed by atoms with E-state index in [1.165, 1.54) is 12.1 Å². The van der Waals surface area contributed by atoms with Crippen LogP contribution in [0.2, 0.25) is 0 Å². The Labute approximate surface area is 139 Å². The molecule has 1 aliphatic heterocycles. The molecule has 0 aliphatic carbocycles. The van der Waals surface area contributed by atoms with E-state index >= 15 is 0 Å². The summed E-state index contributed by atoms with van der Waals surface area (Å²) >= 11 is 0. The van der Waals surface area contributed by atoms with E-state index in [4.69, 9.17) is 0 Å². The number of hydrogen-bond acceptors (Lipinski definition) is 3. The van der Waals surface area contributed by atoms with Crippen molar-refractivity contribution in [3.8, 4) is 0 Å². The Hall–Kier alpha value is -0.980. The highest BCUT2D eigenvalue weighted by atomic mass is 32.2. The number of halogens is 1. The highest BCUT2D eigenvalue weighted by Crippen LogP contribution is 2.21. The summed E-state index contributed by atoms with van der Waals surface area (Å²) in [5, 5.41) is 0. The SMILES string of the molecule is CCS(=O)(=O)N1CCCN(Cc2ccc(F)cc2)C(C(C)C)C1. The summed E-state index contributed by atoms with van der Waals surface area (Å²) in [4.78, 5) is 2.34. The van der Waals surface area contributed by atoms with Crippen LogP contribution < -0.4 is 0 Å². The Morgan fingerprint density at radius 3 is 2.43 bits per heavy atom. The molecule has 1 atom stereocenters. The van der Waals surface area contributed by atoms with Gasteiger partial charge in [-0.2, -0.15) is 0 Å². The van der Waals surface area contributed by atoms with E-state index in [2.05, 4.69) is 18.7 Å². The third-order valence-corrected chi connectivity index (χ3v) is 6.39. The molecule has 0 saturated carbocycles. The van der Waals surface area contributed by atoms with E-state index in [0.717, 1.165) is 25.1 Å². The summed E-state index contributed by atoms with van der Waals surface area (Å²) in [5.74, 6) is 0.267. The van der Waals surface area contributed by atoms with Crippen LogP contribution in [0.5, 0.6) is 0 Å². The fourth-order valence-electron chi connectivity index (χ4n) is 3.12. The second-order valence-corrected chi connectivity index (χ2v) is 8.78. The Morgan fingerprint density at radius 1 is 1.22 bits per heavy atom. The molecule has 2 rings (SSSR count). The molecule has 0 bridgehead atoms. The Balaban J connectivity index is 2.17. The first-order chi connectivity index (χ1) is 10.8. The normalized spacial score (nSPS) is 21.5. The number of rotatable bonds is 5. The molecule has 4 nitrogen and oxygen atoms in total. The fraction of sp³-hybridized carbons (Fsp3) is 0.647. The lowest BCUT2D eigenvalue weighted by molar-refractivity contribution is 0.149. The van der Waals surface area contributed by atoms with Crippen LogP contribution in [-0.4, -0.2) is 49.1 Å². The molecular weight excluding hydrogens is 315 g/mol. The van der Waals surface area contributed by atoms with E-state index in [0.29, 0.717) is 19.0 Å². The molecular formula is C17H27FN2O2S. The van der Waals surface area contributed by atoms with Gasteiger partial charge in [-0.25, -0.2) is 17.1 Å². The van der Waals surface area contributed by atoms with Crippen LogP contribution in [0, 0.1) is 11.7 Å². The molecule has 1 aromatic carbocycles. The Kier molecular flexibility index (Phi) is 6.17. The van der Waals surface area contributed by atoms with Gasteiger partial charge in [0.15, 0.2) is 0 Å². The summed E-state index contributed by atoms with van der Waals surface area (Å²) in [6, 6.07) is 6.73. The molecule has 130 valence electrons. The van der Waals surface area contributed by atoms with Gasteiger partial charge in [0.05, 0.1) is 5.75 Å². The van der Waals surface area contributed by atoms with Crippen molar-refractivity contribution in [2.24, 2.45) is 5.92 Å². The molecule has 1 aliphatic rings. The van der Waals surface area contributed by atoms with Gasteiger partial charge >= 0.3 is 0 Å². The summed E-state index contributed by atoms with van der Waals surface area (Å²) in [6.07, 6.45) is 0.823. The van der Waals surface area contributed by atoms with Gasteiger partial charge in [-0.05, 0) is 37.0 Å². The average Bonchev–Trinajstić information content (AvgIpc) is 2.72. The van der Waals surface area contributed by atoms with Crippen LogP contribution in [0.15, 0.2) is 24.3 Å². The first-order valence-electron chi connectivity index (χ1n) is 8.29. The van der Waals surface area contributed by atoms with Crippen molar-refractivity contribution in [1.82, 2.24) is 9.21 Å². The first-order valence-corrected chi connectivity index (χ1v) is 9.90. The first kappa shape index (κ1) is 18.4. The second kappa shape index (κ2) is 7.73. The van der Waals surface area contributed by atoms with Gasteiger partial charge in [0.1, 0.15) is 5.82 Å². The zero-order valence-corrected chi connectivity index (χ0v) is 15.0. The van der Waals surface area contributed by atoms with Gasteiger partial charge in [0.25, 0.3) is 0 Å². The minimum absolute atomic E-state index is 0.149. The molecule has 1 saturated heterocycles. The zero-order chi connectivity index (χ0) is 17.0. The molecule has 0 radical (unpaired) electrons. The topological polar surface area (TPSA) is 40.6 Å². The smallest absolute Gasteiger partial charge is 0.213 e. The Bertz CT molecular complexity index is 602. The lowest BCUT2D eigenvalue weighted by atomic mass is 10.0. The van der Waals surface area contributed by atoms with Gasteiger partial charge in [-0.15, -0.1) is 0 Å². The zero-order valence-electron chi connectivity index (χ0n) is 14.2. The van der Waals surface area contributed by atoms with Gasteiger partial charge in [0.2, 0.25) is 10.0 Å². The van der Waals surface area contributed by atoms with Crippen LogP contribution in [0.25, 0.3) is 0 Å². The van der Waals surface area contributed by atoms with Crippen LogP contribution >= 0.6 is 0 Å². The van der Waals surface area contributed by atoms with Crippen molar-refractivity contribution in [3.63, 3.8) is 0 Å². The molecule has 1 heterocycles. The number of benzene rings is 1. The van der Waals surface area contributed by atoms with Gasteiger partial charge in [-0.3, -0.25) is 4.90 Å². The summed E-state index contributed by atoms with van der Waals surface area (Å²) in [7, 11) is -3.16. The summed E-state index contributed by atoms with van der Waals surface area (Å²) < 4.78 is 39.2. The predicted octanol–water partition coefficient (Wildman–Crippen LogP) is 2.71. The van der Waals surface area contributed by atoms with E-state index < -0.39 is 10.0 Å². The van der Waals surface area contributed by atoms with E-state index in [9.17, 15) is 12.8 Å². The predicted molar refractivity (Wildman–Crippen MR) is 91.1 cm³/mol. The van der Waals surface area contributed by atoms with Gasteiger partial charge < -0.3 is 0 Å². The maximum Gasteiger partial charge on any atom is 0.213 e. The summed E-state index contributed by atoms with van der Waals surface area (Å²) in [5.41, 5.74) is 1.06. The molecule has 1 aromatic rings. The lowest BCUT2D eigenvalue weighted by Gasteiger charge is -2.34. The maximum absolute atomic E-state index is 13.1.